The first-order valence-electron chi connectivity index (χ1n) is 5.38. The molecule has 1 aromatic rings. The van der Waals surface area contributed by atoms with Crippen molar-refractivity contribution in [3.05, 3.63) is 35.1 Å². The van der Waals surface area contributed by atoms with Gasteiger partial charge in [-0.1, -0.05) is 20.4 Å². The third kappa shape index (κ3) is 5.91. The second-order valence-corrected chi connectivity index (χ2v) is 4.91. The highest BCUT2D eigenvalue weighted by Crippen LogP contribution is 2.20. The van der Waals surface area contributed by atoms with Crippen LogP contribution >= 0.6 is 15.9 Å². The van der Waals surface area contributed by atoms with Gasteiger partial charge in [0.05, 0.1) is 0 Å². The van der Waals surface area contributed by atoms with Gasteiger partial charge in [0.1, 0.15) is 17.1 Å². The molecule has 0 unspecified atom stereocenters. The predicted molar refractivity (Wildman–Crippen MR) is 73.2 cm³/mol. The smallest absolute Gasteiger partial charge is 0.138 e. The molecule has 16 heavy (non-hydrogen) atoms. The average Bonchev–Trinajstić information content (AvgIpc) is 2.19. The van der Waals surface area contributed by atoms with E-state index < -0.39 is 0 Å². The number of pyridine rings is 1. The lowest BCUT2D eigenvalue weighted by atomic mass is 10.2. The van der Waals surface area contributed by atoms with Crippen LogP contribution in [-0.4, -0.2) is 10.6 Å². The molecule has 0 aromatic carbocycles. The maximum absolute atomic E-state index is 5.59. The molecular weight excluding hydrogens is 266 g/mol. The molecule has 0 N–H and O–H groups in total. The van der Waals surface area contributed by atoms with Gasteiger partial charge in [-0.2, -0.15) is 0 Å². The Morgan fingerprint density at radius 1 is 1.31 bits per heavy atom. The Hall–Kier alpha value is -0.830. The summed E-state index contributed by atoms with van der Waals surface area (Å²) < 4.78 is 6.54. The Kier molecular flexibility index (Phi) is 6.34. The van der Waals surface area contributed by atoms with Crippen molar-refractivity contribution in [1.82, 2.24) is 4.98 Å². The van der Waals surface area contributed by atoms with E-state index in [0.29, 0.717) is 5.76 Å². The fourth-order valence-corrected chi connectivity index (χ4v) is 1.20. The summed E-state index contributed by atoms with van der Waals surface area (Å²) in [6.45, 7) is 13.8. The van der Waals surface area contributed by atoms with Gasteiger partial charge in [0.2, 0.25) is 0 Å². The number of nitrogens with zero attached hydrogens (tertiary/aromatic N) is 1. The molecule has 2 nitrogen and oxygen atoms in total. The third-order valence-corrected chi connectivity index (χ3v) is 1.91. The lowest BCUT2D eigenvalue weighted by Gasteiger charge is -2.22. The number of aromatic nitrogens is 1. The van der Waals surface area contributed by atoms with Gasteiger partial charge in [-0.05, 0) is 48.8 Å². The molecule has 1 aromatic heterocycles. The first-order valence-corrected chi connectivity index (χ1v) is 6.17. The Bertz CT molecular complexity index is 325. The highest BCUT2D eigenvalue weighted by Gasteiger charge is 2.13. The monoisotopic (exact) mass is 285 g/mol. The van der Waals surface area contributed by atoms with Gasteiger partial charge < -0.3 is 4.74 Å². The minimum absolute atomic E-state index is 0.230. The minimum Gasteiger partial charge on any atom is -0.487 e. The maximum atomic E-state index is 5.59. The van der Waals surface area contributed by atoms with Gasteiger partial charge in [-0.25, -0.2) is 0 Å². The molecule has 0 aliphatic rings. The largest absolute Gasteiger partial charge is 0.487 e. The second-order valence-electron chi connectivity index (χ2n) is 4.00. The molecule has 90 valence electrons. The predicted octanol–water partition coefficient (Wildman–Crippen LogP) is 4.66. The number of rotatable bonds is 2. The number of hydrogen-bond acceptors (Lipinski definition) is 2. The zero-order valence-electron chi connectivity index (χ0n) is 10.7. The summed E-state index contributed by atoms with van der Waals surface area (Å²) in [5.74, 6) is 0.602. The molecule has 0 aliphatic heterocycles. The van der Waals surface area contributed by atoms with Gasteiger partial charge in [-0.15, -0.1) is 0 Å². The summed E-state index contributed by atoms with van der Waals surface area (Å²) in [7, 11) is 0. The summed E-state index contributed by atoms with van der Waals surface area (Å²) in [4.78, 5) is 4.19. The highest BCUT2D eigenvalue weighted by atomic mass is 79.9. The molecule has 0 saturated heterocycles. The third-order valence-electron chi connectivity index (χ3n) is 1.44. The van der Waals surface area contributed by atoms with Crippen molar-refractivity contribution in [2.75, 3.05) is 0 Å². The van der Waals surface area contributed by atoms with E-state index >= 15 is 0 Å². The molecular formula is C13H20BrNO. The van der Waals surface area contributed by atoms with Crippen molar-refractivity contribution < 1.29 is 4.74 Å². The normalized spacial score (nSPS) is 10.1. The van der Waals surface area contributed by atoms with Crippen LogP contribution in [0.25, 0.3) is 5.76 Å². The van der Waals surface area contributed by atoms with Crippen molar-refractivity contribution in [1.29, 1.82) is 0 Å². The molecule has 0 aliphatic carbocycles. The molecule has 0 fully saturated rings. The summed E-state index contributed by atoms with van der Waals surface area (Å²) in [5, 5.41) is 0. The standard InChI is InChI=1S/C11H14BrNO.C2H6/c1-8(14-11(2,3)4)10-6-5-9(12)7-13-10;1-2/h5-7H,1H2,2-4H3;1-2H3. The van der Waals surface area contributed by atoms with Crippen LogP contribution in [0.5, 0.6) is 0 Å². The van der Waals surface area contributed by atoms with E-state index in [-0.39, 0.29) is 5.60 Å². The van der Waals surface area contributed by atoms with Crippen LogP contribution in [0.15, 0.2) is 29.4 Å². The van der Waals surface area contributed by atoms with E-state index in [1.54, 1.807) is 6.20 Å². The Morgan fingerprint density at radius 3 is 2.25 bits per heavy atom. The van der Waals surface area contributed by atoms with Crippen LogP contribution < -0.4 is 0 Å². The SMILES string of the molecule is C=C(OC(C)(C)C)c1ccc(Br)cn1.CC. The molecule has 0 atom stereocenters. The number of ether oxygens (including phenoxy) is 1. The molecule has 0 radical (unpaired) electrons. The molecule has 0 saturated carbocycles. The minimum atomic E-state index is -0.230. The van der Waals surface area contributed by atoms with Gasteiger partial charge in [-0.3, -0.25) is 4.98 Å². The van der Waals surface area contributed by atoms with E-state index in [4.69, 9.17) is 4.74 Å². The van der Waals surface area contributed by atoms with Crippen molar-refractivity contribution >= 4 is 21.7 Å². The maximum Gasteiger partial charge on any atom is 0.138 e. The molecule has 0 spiro atoms. The lowest BCUT2D eigenvalue weighted by molar-refractivity contribution is 0.0970. The first-order chi connectivity index (χ1) is 7.38. The van der Waals surface area contributed by atoms with Crippen LogP contribution in [0, 0.1) is 0 Å². The fraction of sp³-hybridized carbons (Fsp3) is 0.462. The average molecular weight is 286 g/mol. The summed E-state index contributed by atoms with van der Waals surface area (Å²) >= 11 is 3.32. The fourth-order valence-electron chi connectivity index (χ4n) is 0.963. The van der Waals surface area contributed by atoms with Crippen LogP contribution in [0.3, 0.4) is 0 Å². The zero-order chi connectivity index (χ0) is 12.8. The van der Waals surface area contributed by atoms with Crippen molar-refractivity contribution in [2.24, 2.45) is 0 Å². The quantitative estimate of drug-likeness (QED) is 0.738. The van der Waals surface area contributed by atoms with Crippen molar-refractivity contribution in [2.45, 2.75) is 40.2 Å². The van der Waals surface area contributed by atoms with E-state index in [0.717, 1.165) is 10.2 Å². The number of hydrogen-bond donors (Lipinski definition) is 0. The topological polar surface area (TPSA) is 22.1 Å². The van der Waals surface area contributed by atoms with E-state index in [9.17, 15) is 0 Å². The second kappa shape index (κ2) is 6.69. The van der Waals surface area contributed by atoms with E-state index in [1.807, 2.05) is 46.8 Å². The summed E-state index contributed by atoms with van der Waals surface area (Å²) in [5.41, 5.74) is 0.536. The van der Waals surface area contributed by atoms with Gasteiger partial charge >= 0.3 is 0 Å². The zero-order valence-corrected chi connectivity index (χ0v) is 12.3. The Morgan fingerprint density at radius 2 is 1.88 bits per heavy atom. The summed E-state index contributed by atoms with van der Waals surface area (Å²) in [6, 6.07) is 3.79. The van der Waals surface area contributed by atoms with Crippen LogP contribution in [-0.2, 0) is 4.74 Å². The molecule has 1 heterocycles. The Balaban J connectivity index is 0.00000106. The first kappa shape index (κ1) is 15.2. The van der Waals surface area contributed by atoms with Crippen molar-refractivity contribution in [3.8, 4) is 0 Å². The highest BCUT2D eigenvalue weighted by molar-refractivity contribution is 9.10. The van der Waals surface area contributed by atoms with Crippen LogP contribution in [0.2, 0.25) is 0 Å². The molecule has 0 bridgehead atoms. The summed E-state index contributed by atoms with van der Waals surface area (Å²) in [6.07, 6.45) is 1.73. The van der Waals surface area contributed by atoms with Crippen LogP contribution in [0.1, 0.15) is 40.3 Å². The Labute approximate surface area is 107 Å². The molecule has 1 rings (SSSR count). The van der Waals surface area contributed by atoms with E-state index in [2.05, 4.69) is 27.5 Å². The lowest BCUT2D eigenvalue weighted by Crippen LogP contribution is -2.18. The molecule has 0 amide bonds. The van der Waals surface area contributed by atoms with Crippen molar-refractivity contribution in [3.63, 3.8) is 0 Å². The van der Waals surface area contributed by atoms with Gasteiger partial charge in [0.15, 0.2) is 0 Å². The number of halogens is 1. The van der Waals surface area contributed by atoms with Gasteiger partial charge in [0.25, 0.3) is 0 Å². The van der Waals surface area contributed by atoms with Crippen LogP contribution in [0.4, 0.5) is 0 Å². The molecule has 3 heteroatoms. The van der Waals surface area contributed by atoms with E-state index in [1.165, 1.54) is 0 Å². The van der Waals surface area contributed by atoms with Gasteiger partial charge in [0, 0.05) is 10.7 Å².